The summed E-state index contributed by atoms with van der Waals surface area (Å²) in [7, 11) is 0. The van der Waals surface area contributed by atoms with Gasteiger partial charge in [-0.2, -0.15) is 0 Å². The van der Waals surface area contributed by atoms with Gasteiger partial charge in [-0.25, -0.2) is 4.39 Å². The highest BCUT2D eigenvalue weighted by molar-refractivity contribution is 14.1. The lowest BCUT2D eigenvalue weighted by atomic mass is 10.2. The van der Waals surface area contributed by atoms with Crippen molar-refractivity contribution >= 4 is 22.6 Å². The maximum absolute atomic E-state index is 12.9. The normalized spacial score (nSPS) is 10.2. The summed E-state index contributed by atoms with van der Waals surface area (Å²) in [5.74, 6) is 0.578. The van der Waals surface area contributed by atoms with E-state index in [1.54, 1.807) is 6.07 Å². The predicted molar refractivity (Wildman–Crippen MR) is 74.9 cm³/mol. The largest absolute Gasteiger partial charge is 0.489 e. The van der Waals surface area contributed by atoms with Gasteiger partial charge in [0.1, 0.15) is 18.2 Å². The first kappa shape index (κ1) is 12.4. The molecular weight excluding hydrogens is 330 g/mol. The zero-order chi connectivity index (χ0) is 12.1. The standard InChI is InChI=1S/C14H12FIO/c15-13-3-1-2-12(8-13)10-17-14-6-4-11(9-16)5-7-14/h1-8H,9-10H2. The first-order valence-corrected chi connectivity index (χ1v) is 6.82. The number of halogens is 2. The molecule has 0 bridgehead atoms. The molecule has 17 heavy (non-hydrogen) atoms. The molecule has 2 aromatic carbocycles. The van der Waals surface area contributed by atoms with Crippen LogP contribution >= 0.6 is 22.6 Å². The second-order valence-electron chi connectivity index (χ2n) is 3.70. The summed E-state index contributed by atoms with van der Waals surface area (Å²) in [6.07, 6.45) is 0. The molecule has 0 amide bonds. The summed E-state index contributed by atoms with van der Waals surface area (Å²) in [6, 6.07) is 14.4. The lowest BCUT2D eigenvalue weighted by Gasteiger charge is -2.06. The van der Waals surface area contributed by atoms with Crippen LogP contribution in [0.3, 0.4) is 0 Å². The average Bonchev–Trinajstić information content (AvgIpc) is 2.37. The number of hydrogen-bond donors (Lipinski definition) is 0. The minimum absolute atomic E-state index is 0.230. The van der Waals surface area contributed by atoms with Crippen molar-refractivity contribution in [1.82, 2.24) is 0 Å². The highest BCUT2D eigenvalue weighted by Crippen LogP contribution is 2.16. The van der Waals surface area contributed by atoms with Crippen LogP contribution in [0.15, 0.2) is 48.5 Å². The Hall–Kier alpha value is -1.10. The summed E-state index contributed by atoms with van der Waals surface area (Å²) in [5.41, 5.74) is 2.10. The summed E-state index contributed by atoms with van der Waals surface area (Å²) in [6.45, 7) is 0.390. The lowest BCUT2D eigenvalue weighted by Crippen LogP contribution is -1.95. The lowest BCUT2D eigenvalue weighted by molar-refractivity contribution is 0.305. The molecule has 2 aromatic rings. The molecular formula is C14H12FIO. The van der Waals surface area contributed by atoms with E-state index in [-0.39, 0.29) is 5.82 Å². The van der Waals surface area contributed by atoms with Crippen LogP contribution in [0.5, 0.6) is 5.75 Å². The maximum Gasteiger partial charge on any atom is 0.123 e. The molecule has 2 rings (SSSR count). The van der Waals surface area contributed by atoms with Crippen molar-refractivity contribution in [1.29, 1.82) is 0 Å². The van der Waals surface area contributed by atoms with Gasteiger partial charge in [0.05, 0.1) is 0 Å². The van der Waals surface area contributed by atoms with Crippen LogP contribution in [0.1, 0.15) is 11.1 Å². The number of ether oxygens (including phenoxy) is 1. The molecule has 0 atom stereocenters. The Kier molecular flexibility index (Phi) is 4.36. The van der Waals surface area contributed by atoms with Gasteiger partial charge < -0.3 is 4.74 Å². The van der Waals surface area contributed by atoms with Crippen LogP contribution in [0, 0.1) is 5.82 Å². The van der Waals surface area contributed by atoms with Gasteiger partial charge in [-0.05, 0) is 35.4 Å². The second-order valence-corrected chi connectivity index (χ2v) is 4.46. The zero-order valence-corrected chi connectivity index (χ0v) is 11.4. The van der Waals surface area contributed by atoms with E-state index >= 15 is 0 Å². The number of benzene rings is 2. The van der Waals surface area contributed by atoms with Gasteiger partial charge in [-0.15, -0.1) is 0 Å². The van der Waals surface area contributed by atoms with Crippen LogP contribution in [-0.4, -0.2) is 0 Å². The van der Waals surface area contributed by atoms with Crippen LogP contribution in [0.2, 0.25) is 0 Å². The van der Waals surface area contributed by atoms with Crippen molar-refractivity contribution in [2.24, 2.45) is 0 Å². The van der Waals surface area contributed by atoms with Crippen LogP contribution in [-0.2, 0) is 11.0 Å². The smallest absolute Gasteiger partial charge is 0.123 e. The number of rotatable bonds is 4. The molecule has 0 radical (unpaired) electrons. The van der Waals surface area contributed by atoms with Crippen molar-refractivity contribution in [2.45, 2.75) is 11.0 Å². The second kappa shape index (κ2) is 6.00. The van der Waals surface area contributed by atoms with Crippen molar-refractivity contribution < 1.29 is 9.13 Å². The molecule has 1 nitrogen and oxygen atoms in total. The van der Waals surface area contributed by atoms with Gasteiger partial charge in [-0.1, -0.05) is 46.9 Å². The maximum atomic E-state index is 12.9. The Bertz CT molecular complexity index is 482. The van der Waals surface area contributed by atoms with Crippen molar-refractivity contribution in [2.75, 3.05) is 0 Å². The number of alkyl halides is 1. The molecule has 0 spiro atoms. The summed E-state index contributed by atoms with van der Waals surface area (Å²) in [5, 5.41) is 0. The van der Waals surface area contributed by atoms with E-state index in [2.05, 4.69) is 22.6 Å². The highest BCUT2D eigenvalue weighted by Gasteiger charge is 1.98. The van der Waals surface area contributed by atoms with Crippen molar-refractivity contribution in [3.8, 4) is 5.75 Å². The molecule has 0 heterocycles. The molecule has 0 N–H and O–H groups in total. The fourth-order valence-corrected chi connectivity index (χ4v) is 1.98. The Morgan fingerprint density at radius 3 is 2.41 bits per heavy atom. The Morgan fingerprint density at radius 1 is 1.00 bits per heavy atom. The first-order chi connectivity index (χ1) is 8.28. The molecule has 0 aliphatic carbocycles. The molecule has 0 aromatic heterocycles. The number of hydrogen-bond acceptors (Lipinski definition) is 1. The average molecular weight is 342 g/mol. The minimum Gasteiger partial charge on any atom is -0.489 e. The topological polar surface area (TPSA) is 9.23 Å². The molecule has 88 valence electrons. The predicted octanol–water partition coefficient (Wildman–Crippen LogP) is 4.34. The molecule has 0 aliphatic rings. The van der Waals surface area contributed by atoms with Gasteiger partial charge in [-0.3, -0.25) is 0 Å². The minimum atomic E-state index is -0.230. The Labute approximate surface area is 114 Å². The molecule has 0 saturated heterocycles. The van der Waals surface area contributed by atoms with Gasteiger partial charge in [0.25, 0.3) is 0 Å². The van der Waals surface area contributed by atoms with E-state index in [1.807, 2.05) is 30.3 Å². The van der Waals surface area contributed by atoms with Crippen LogP contribution < -0.4 is 4.74 Å². The van der Waals surface area contributed by atoms with Crippen molar-refractivity contribution in [3.05, 3.63) is 65.5 Å². The van der Waals surface area contributed by atoms with Crippen molar-refractivity contribution in [3.63, 3.8) is 0 Å². The van der Waals surface area contributed by atoms with E-state index < -0.39 is 0 Å². The quantitative estimate of drug-likeness (QED) is 0.593. The Balaban J connectivity index is 1.97. The zero-order valence-electron chi connectivity index (χ0n) is 9.20. The summed E-state index contributed by atoms with van der Waals surface area (Å²) >= 11 is 2.32. The fraction of sp³-hybridized carbons (Fsp3) is 0.143. The van der Waals surface area contributed by atoms with Crippen LogP contribution in [0.25, 0.3) is 0 Å². The van der Waals surface area contributed by atoms with Gasteiger partial charge >= 0.3 is 0 Å². The monoisotopic (exact) mass is 342 g/mol. The first-order valence-electron chi connectivity index (χ1n) is 5.30. The highest BCUT2D eigenvalue weighted by atomic mass is 127. The van der Waals surface area contributed by atoms with E-state index in [9.17, 15) is 4.39 Å². The van der Waals surface area contributed by atoms with Gasteiger partial charge in [0, 0.05) is 4.43 Å². The fourth-order valence-electron chi connectivity index (χ4n) is 1.47. The van der Waals surface area contributed by atoms with E-state index in [0.29, 0.717) is 6.61 Å². The third-order valence-electron chi connectivity index (χ3n) is 2.37. The van der Waals surface area contributed by atoms with Crippen LogP contribution in [0.4, 0.5) is 4.39 Å². The van der Waals surface area contributed by atoms with E-state index in [1.165, 1.54) is 17.7 Å². The summed E-state index contributed by atoms with van der Waals surface area (Å²) in [4.78, 5) is 0. The molecule has 0 saturated carbocycles. The molecule has 0 unspecified atom stereocenters. The van der Waals surface area contributed by atoms with E-state index in [0.717, 1.165) is 15.7 Å². The molecule has 0 fully saturated rings. The SMILES string of the molecule is Fc1cccc(COc2ccc(CI)cc2)c1. The van der Waals surface area contributed by atoms with E-state index in [4.69, 9.17) is 4.74 Å². The van der Waals surface area contributed by atoms with Gasteiger partial charge in [0.15, 0.2) is 0 Å². The van der Waals surface area contributed by atoms with Gasteiger partial charge in [0.2, 0.25) is 0 Å². The third kappa shape index (κ3) is 3.70. The summed E-state index contributed by atoms with van der Waals surface area (Å²) < 4.78 is 19.5. The molecule has 3 heteroatoms. The molecule has 0 aliphatic heterocycles. The third-order valence-corrected chi connectivity index (χ3v) is 3.25. The Morgan fingerprint density at radius 2 is 1.76 bits per heavy atom.